The van der Waals surface area contributed by atoms with Gasteiger partial charge in [-0.1, -0.05) is 35.9 Å². The molecular weight excluding hydrogens is 578 g/mol. The van der Waals surface area contributed by atoms with Crippen LogP contribution in [0.3, 0.4) is 0 Å². The maximum atomic E-state index is 15.1. The van der Waals surface area contributed by atoms with E-state index in [-0.39, 0.29) is 28.7 Å². The minimum atomic E-state index is -3.30. The maximum absolute atomic E-state index is 15.1. The molecule has 3 N–H and O–H groups in total. The molecule has 3 aromatic carbocycles. The maximum Gasteiger partial charge on any atom is 0.355 e. The van der Waals surface area contributed by atoms with Crippen LogP contribution >= 0.6 is 11.3 Å². The van der Waals surface area contributed by atoms with E-state index in [1.807, 2.05) is 31.2 Å². The second-order valence-corrected chi connectivity index (χ2v) is 14.0. The van der Waals surface area contributed by atoms with E-state index in [1.54, 1.807) is 22.9 Å². The second-order valence-electron chi connectivity index (χ2n) is 10.7. The van der Waals surface area contributed by atoms with Crippen LogP contribution in [-0.4, -0.2) is 36.3 Å². The molecule has 2 aromatic heterocycles. The van der Waals surface area contributed by atoms with Crippen molar-refractivity contribution in [1.29, 1.82) is 0 Å². The van der Waals surface area contributed by atoms with Crippen LogP contribution in [0.4, 0.5) is 8.78 Å². The van der Waals surface area contributed by atoms with Crippen molar-refractivity contribution in [3.8, 4) is 27.5 Å². The van der Waals surface area contributed by atoms with Gasteiger partial charge in [0.15, 0.2) is 5.69 Å². The van der Waals surface area contributed by atoms with Gasteiger partial charge in [-0.25, -0.2) is 23.2 Å². The lowest BCUT2D eigenvalue weighted by Crippen LogP contribution is -2.22. The fourth-order valence-electron chi connectivity index (χ4n) is 5.10. The smallest absolute Gasteiger partial charge is 0.355 e. The minimum absolute atomic E-state index is 0.0187. The zero-order valence-corrected chi connectivity index (χ0v) is 24.6. The molecule has 0 saturated heterocycles. The van der Waals surface area contributed by atoms with Crippen molar-refractivity contribution in [2.45, 2.75) is 37.0 Å². The number of thiol groups is 1. The molecule has 0 unspecified atom stereocenters. The number of nitrogens with zero attached hydrogens (tertiary/aromatic N) is 3. The fraction of sp³-hybridized carbons (Fsp3) is 0.194. The summed E-state index contributed by atoms with van der Waals surface area (Å²) in [6.45, 7) is 1.96. The second kappa shape index (κ2) is 10.6. The van der Waals surface area contributed by atoms with E-state index in [4.69, 9.17) is 10.2 Å². The SMILES string of the molecule is Cc1ccc(-c2cc(-c3nn(-c4nc(C(=O)O)cs4)c(C4CC4)c3Cc3ccc([SH](C)(N)=O)c(F)c3)ccc2F)cc1. The number of benzene rings is 3. The minimum Gasteiger partial charge on any atom is -0.476 e. The number of carbonyl (C=O) groups is 1. The van der Waals surface area contributed by atoms with Gasteiger partial charge in [-0.05, 0) is 71.3 Å². The third-order valence-corrected chi connectivity index (χ3v) is 9.49. The molecule has 0 amide bonds. The number of aromatic nitrogens is 3. The first-order chi connectivity index (χ1) is 20.0. The van der Waals surface area contributed by atoms with Crippen molar-refractivity contribution in [2.24, 2.45) is 5.14 Å². The predicted molar refractivity (Wildman–Crippen MR) is 161 cm³/mol. The summed E-state index contributed by atoms with van der Waals surface area (Å²) in [6, 6.07) is 16.9. The fourth-order valence-corrected chi connectivity index (χ4v) is 6.72. The zero-order valence-electron chi connectivity index (χ0n) is 22.8. The van der Waals surface area contributed by atoms with Crippen LogP contribution in [0.15, 0.2) is 70.9 Å². The summed E-state index contributed by atoms with van der Waals surface area (Å²) in [7, 11) is -3.30. The molecule has 5 aromatic rings. The molecule has 7 nitrogen and oxygen atoms in total. The number of carboxylic acids is 1. The lowest BCUT2D eigenvalue weighted by molar-refractivity contribution is 0.0691. The third-order valence-electron chi connectivity index (χ3n) is 7.35. The highest BCUT2D eigenvalue weighted by Gasteiger charge is 2.34. The average Bonchev–Trinajstić information content (AvgIpc) is 3.52. The van der Waals surface area contributed by atoms with Crippen molar-refractivity contribution in [3.63, 3.8) is 0 Å². The first-order valence-corrected chi connectivity index (χ1v) is 16.4. The Morgan fingerprint density at radius 1 is 1.07 bits per heavy atom. The number of hydrogen-bond acceptors (Lipinski definition) is 5. The molecule has 0 radical (unpaired) electrons. The lowest BCUT2D eigenvalue weighted by Gasteiger charge is -2.15. The molecular formula is C31H28F2N4O3S2. The quantitative estimate of drug-likeness (QED) is 0.180. The first-order valence-electron chi connectivity index (χ1n) is 13.3. The van der Waals surface area contributed by atoms with Gasteiger partial charge in [0.2, 0.25) is 5.13 Å². The Morgan fingerprint density at radius 2 is 1.79 bits per heavy atom. The van der Waals surface area contributed by atoms with E-state index in [9.17, 15) is 14.1 Å². The summed E-state index contributed by atoms with van der Waals surface area (Å²) in [4.78, 5) is 15.9. The highest BCUT2D eigenvalue weighted by atomic mass is 32.3. The van der Waals surface area contributed by atoms with Crippen LogP contribution in [0.25, 0.3) is 27.5 Å². The Kier molecular flexibility index (Phi) is 7.12. The van der Waals surface area contributed by atoms with E-state index < -0.39 is 21.9 Å². The Balaban J connectivity index is 1.54. The molecule has 216 valence electrons. The normalized spacial score (nSPS) is 13.8. The number of aryl methyl sites for hydroxylation is 1. The highest BCUT2D eigenvalue weighted by Crippen LogP contribution is 2.46. The van der Waals surface area contributed by atoms with Crippen molar-refractivity contribution in [3.05, 3.63) is 106 Å². The Hall–Kier alpha value is -4.06. The molecule has 2 heterocycles. The molecule has 0 atom stereocenters. The Morgan fingerprint density at radius 3 is 2.40 bits per heavy atom. The molecule has 1 fully saturated rings. The van der Waals surface area contributed by atoms with Crippen LogP contribution < -0.4 is 5.14 Å². The summed E-state index contributed by atoms with van der Waals surface area (Å²) in [6.07, 6.45) is 3.42. The average molecular weight is 607 g/mol. The summed E-state index contributed by atoms with van der Waals surface area (Å²) in [5.41, 5.74) is 5.64. The lowest BCUT2D eigenvalue weighted by atomic mass is 9.95. The topological polar surface area (TPSA) is 111 Å². The van der Waals surface area contributed by atoms with Crippen molar-refractivity contribution in [1.82, 2.24) is 14.8 Å². The standard InChI is InChI=1S/C31H28F2N4O3S2/c1-17-3-6-19(7-4-17)22-15-21(10-11-24(22)32)28-23(13-18-5-12-27(25(33)14-18)42(2,34)40)29(20-8-9-20)37(36-28)31-35-26(16-41-31)30(38)39/h3-7,10-12,14-16,20,42H,8-9,13H2,1-2H3,(H2,34,40)(H,38,39). The van der Waals surface area contributed by atoms with Crippen LogP contribution in [0.2, 0.25) is 0 Å². The van der Waals surface area contributed by atoms with Crippen LogP contribution in [0, 0.1) is 18.6 Å². The summed E-state index contributed by atoms with van der Waals surface area (Å²) in [5.74, 6) is -2.00. The molecule has 1 aliphatic carbocycles. The molecule has 0 spiro atoms. The Bertz CT molecular complexity index is 1890. The van der Waals surface area contributed by atoms with E-state index in [1.165, 1.54) is 41.2 Å². The van der Waals surface area contributed by atoms with Gasteiger partial charge in [0, 0.05) is 40.7 Å². The Labute approximate surface area is 246 Å². The van der Waals surface area contributed by atoms with Gasteiger partial charge in [-0.2, -0.15) is 5.10 Å². The van der Waals surface area contributed by atoms with Crippen LogP contribution in [-0.2, 0) is 16.5 Å². The predicted octanol–water partition coefficient (Wildman–Crippen LogP) is 6.29. The van der Waals surface area contributed by atoms with Gasteiger partial charge in [0.25, 0.3) is 0 Å². The molecule has 42 heavy (non-hydrogen) atoms. The van der Waals surface area contributed by atoms with Crippen molar-refractivity contribution < 1.29 is 22.9 Å². The number of hydrogen-bond donors (Lipinski definition) is 3. The van der Waals surface area contributed by atoms with Gasteiger partial charge in [-0.3, -0.25) is 9.35 Å². The molecule has 1 saturated carbocycles. The van der Waals surface area contributed by atoms with E-state index >= 15 is 8.78 Å². The van der Waals surface area contributed by atoms with Gasteiger partial charge in [0.1, 0.15) is 11.6 Å². The largest absolute Gasteiger partial charge is 0.476 e. The zero-order chi connectivity index (χ0) is 29.8. The van der Waals surface area contributed by atoms with E-state index in [0.29, 0.717) is 27.5 Å². The molecule has 11 heteroatoms. The van der Waals surface area contributed by atoms with Gasteiger partial charge in [0.05, 0.1) is 16.3 Å². The summed E-state index contributed by atoms with van der Waals surface area (Å²) >= 11 is 1.17. The number of aromatic carboxylic acids is 1. The van der Waals surface area contributed by atoms with E-state index in [2.05, 4.69) is 4.98 Å². The van der Waals surface area contributed by atoms with Gasteiger partial charge >= 0.3 is 5.97 Å². The summed E-state index contributed by atoms with van der Waals surface area (Å²) < 4.78 is 44.2. The number of rotatable bonds is 8. The van der Waals surface area contributed by atoms with E-state index in [0.717, 1.165) is 35.2 Å². The molecule has 0 aliphatic heterocycles. The van der Waals surface area contributed by atoms with Crippen LogP contribution in [0.5, 0.6) is 0 Å². The van der Waals surface area contributed by atoms with Crippen LogP contribution in [0.1, 0.15) is 51.6 Å². The van der Waals surface area contributed by atoms with Gasteiger partial charge in [-0.15, -0.1) is 11.3 Å². The molecule has 1 aliphatic rings. The first kappa shape index (κ1) is 28.1. The number of halogens is 2. The number of nitrogens with two attached hydrogens (primary N) is 1. The third kappa shape index (κ3) is 5.42. The summed E-state index contributed by atoms with van der Waals surface area (Å²) in [5, 5.41) is 22.0. The molecule has 6 rings (SSSR count). The number of thiazole rings is 1. The number of carboxylic acid groups (broad SMARTS) is 1. The van der Waals surface area contributed by atoms with Gasteiger partial charge < -0.3 is 5.11 Å². The highest BCUT2D eigenvalue weighted by molar-refractivity contribution is 8.00. The monoisotopic (exact) mass is 606 g/mol. The van der Waals surface area contributed by atoms with Crippen molar-refractivity contribution >= 4 is 27.4 Å². The van der Waals surface area contributed by atoms with Crippen molar-refractivity contribution in [2.75, 3.05) is 6.26 Å². The molecule has 0 bridgehead atoms.